The first-order valence-electron chi connectivity index (χ1n) is 26.5. The summed E-state index contributed by atoms with van der Waals surface area (Å²) < 4.78 is 0. The summed E-state index contributed by atoms with van der Waals surface area (Å²) in [6.45, 7) is 5.17. The molecule has 2 aromatic heterocycles. The number of phenolic OH excluding ortho intramolecular Hbond substituents is 1. The van der Waals surface area contributed by atoms with Crippen molar-refractivity contribution >= 4 is 70.0 Å². The highest BCUT2D eigenvalue weighted by Gasteiger charge is 2.39. The number of phenols is 1. The monoisotopic (exact) mass is 1100 g/mol. The molecule has 2 aliphatic rings. The lowest BCUT2D eigenvalue weighted by atomic mass is 10.00. The number of aliphatic imine (C=N–C) groups is 1. The van der Waals surface area contributed by atoms with E-state index in [0.29, 0.717) is 36.2 Å². The van der Waals surface area contributed by atoms with Crippen LogP contribution in [0.25, 0.3) is 10.9 Å². The number of likely N-dealkylation sites (N-methyl/N-ethyl adjacent to an activating group) is 1. The number of likely N-dealkylation sites (tertiary alicyclic amines) is 1. The molecule has 26 nitrogen and oxygen atoms in total. The van der Waals surface area contributed by atoms with E-state index >= 15 is 0 Å². The summed E-state index contributed by atoms with van der Waals surface area (Å²) in [5.74, 6) is -6.55. The van der Waals surface area contributed by atoms with Crippen molar-refractivity contribution in [2.45, 2.75) is 133 Å². The quantitative estimate of drug-likeness (QED) is 0.0167. The predicted octanol–water partition coefficient (Wildman–Crippen LogP) is -1.97. The molecule has 4 aromatic rings. The van der Waals surface area contributed by atoms with Crippen molar-refractivity contribution in [1.82, 2.24) is 62.4 Å². The summed E-state index contributed by atoms with van der Waals surface area (Å²) in [6.07, 6.45) is 5.77. The lowest BCUT2D eigenvalue weighted by Gasteiger charge is -2.30. The van der Waals surface area contributed by atoms with Gasteiger partial charge in [0.05, 0.1) is 12.9 Å². The van der Waals surface area contributed by atoms with Crippen molar-refractivity contribution in [3.05, 3.63) is 84.1 Å². The van der Waals surface area contributed by atoms with E-state index < -0.39 is 96.3 Å². The molecule has 0 bridgehead atoms. The number of hydrogen-bond acceptors (Lipinski definition) is 13. The van der Waals surface area contributed by atoms with Gasteiger partial charge < -0.3 is 79.1 Å². The highest BCUT2D eigenvalue weighted by Crippen LogP contribution is 2.22. The number of aromatic hydroxyl groups is 1. The first kappa shape index (κ1) is 59.7. The molecular weight excluding hydrogens is 1020 g/mol. The largest absolute Gasteiger partial charge is 0.508 e. The summed E-state index contributed by atoms with van der Waals surface area (Å²) in [6, 6.07) is 2.96. The van der Waals surface area contributed by atoms with Crippen LogP contribution in [0.3, 0.4) is 0 Å². The van der Waals surface area contributed by atoms with Gasteiger partial charge in [-0.1, -0.05) is 44.2 Å². The van der Waals surface area contributed by atoms with E-state index in [4.69, 9.17) is 11.5 Å². The Labute approximate surface area is 456 Å². The molecule has 2 fully saturated rings. The van der Waals surface area contributed by atoms with Gasteiger partial charge in [-0.25, -0.2) is 4.98 Å². The third kappa shape index (κ3) is 17.2. The van der Waals surface area contributed by atoms with Gasteiger partial charge in [0.25, 0.3) is 0 Å². The maximum Gasteiger partial charge on any atom is 0.245 e. The number of para-hydroxylation sites is 1. The van der Waals surface area contributed by atoms with Crippen LogP contribution in [0.4, 0.5) is 0 Å². The SMILES string of the molecule is CCNC(=O)[C@@H]1CCCN1C(=O)[C@H](CCCN=C(N)N)NC(=O)[C@@H](CC(C)C)NC(=O)[C@H](Cc1ccc(O)cc1)NC(=O)[C@H](CO)NC(=O)[C@H](Cc1c[nH]c2ccccc12)NC(=O)[C@@H](Cc1cnc[nH]1)NC(=O)[C@@H]1CCC(=O)N1. The number of guanidine groups is 1. The fraction of sp³-hybridized carbons (Fsp3) is 0.491. The Bertz CT molecular complexity index is 2800. The zero-order valence-corrected chi connectivity index (χ0v) is 44.5. The average molecular weight is 1100 g/mol. The lowest BCUT2D eigenvalue weighted by molar-refractivity contribution is -0.142. The number of benzene rings is 2. The van der Waals surface area contributed by atoms with E-state index in [-0.39, 0.29) is 93.9 Å². The van der Waals surface area contributed by atoms with Gasteiger partial charge >= 0.3 is 0 Å². The van der Waals surface area contributed by atoms with Crippen LogP contribution in [0.5, 0.6) is 5.75 Å². The number of fused-ring (bicyclic) bond motifs is 1. The Morgan fingerprint density at radius 3 is 2.04 bits per heavy atom. The molecule has 9 amide bonds. The smallest absolute Gasteiger partial charge is 0.245 e. The number of rotatable bonds is 28. The van der Waals surface area contributed by atoms with E-state index in [1.165, 1.54) is 41.7 Å². The van der Waals surface area contributed by atoms with Gasteiger partial charge in [-0.05, 0) is 80.7 Å². The molecule has 0 radical (unpaired) electrons. The van der Waals surface area contributed by atoms with Crippen molar-refractivity contribution in [3.63, 3.8) is 0 Å². The number of nitrogens with zero attached hydrogens (tertiary/aromatic N) is 3. The Kier molecular flexibility index (Phi) is 21.7. The van der Waals surface area contributed by atoms with E-state index in [9.17, 15) is 53.4 Å². The number of imidazole rings is 1. The van der Waals surface area contributed by atoms with Crippen LogP contribution in [0.15, 0.2) is 72.2 Å². The topological polar surface area (TPSA) is 402 Å². The second-order valence-corrected chi connectivity index (χ2v) is 20.1. The van der Waals surface area contributed by atoms with Gasteiger partial charge in [-0.3, -0.25) is 48.1 Å². The number of nitrogens with two attached hydrogens (primary N) is 2. The number of carbonyl (C=O) groups is 9. The summed E-state index contributed by atoms with van der Waals surface area (Å²) in [7, 11) is 0. The minimum absolute atomic E-state index is 0.0695. The van der Waals surface area contributed by atoms with Gasteiger partial charge in [0, 0.05) is 74.3 Å². The number of aliphatic hydroxyl groups is 1. The van der Waals surface area contributed by atoms with Crippen molar-refractivity contribution < 1.29 is 53.4 Å². The van der Waals surface area contributed by atoms with Crippen molar-refractivity contribution in [1.29, 1.82) is 0 Å². The third-order valence-corrected chi connectivity index (χ3v) is 13.6. The molecule has 2 saturated heterocycles. The Balaban J connectivity index is 1.23. The van der Waals surface area contributed by atoms with Gasteiger partial charge in [0.2, 0.25) is 53.2 Å². The van der Waals surface area contributed by atoms with Gasteiger partial charge in [0.1, 0.15) is 54.1 Å². The Morgan fingerprint density at radius 1 is 0.772 bits per heavy atom. The van der Waals surface area contributed by atoms with Crippen LogP contribution in [0.1, 0.15) is 82.5 Å². The number of aromatic amines is 2. The molecule has 4 heterocycles. The van der Waals surface area contributed by atoms with E-state index in [1.54, 1.807) is 19.2 Å². The number of hydrogen-bond donors (Lipinski definition) is 14. The number of H-pyrrole nitrogens is 2. The molecule has 8 atom stereocenters. The molecule has 426 valence electrons. The van der Waals surface area contributed by atoms with Crippen LogP contribution < -0.4 is 54.0 Å². The lowest BCUT2D eigenvalue weighted by Crippen LogP contribution is -2.61. The van der Waals surface area contributed by atoms with Crippen LogP contribution in [-0.2, 0) is 62.4 Å². The molecule has 16 N–H and O–H groups in total. The fourth-order valence-corrected chi connectivity index (χ4v) is 9.53. The molecule has 0 aliphatic carbocycles. The maximum absolute atomic E-state index is 14.6. The van der Waals surface area contributed by atoms with Crippen molar-refractivity contribution in [3.8, 4) is 5.75 Å². The minimum Gasteiger partial charge on any atom is -0.508 e. The highest BCUT2D eigenvalue weighted by molar-refractivity contribution is 5.99. The van der Waals surface area contributed by atoms with Crippen LogP contribution in [-0.4, -0.2) is 164 Å². The molecule has 26 heteroatoms. The van der Waals surface area contributed by atoms with Crippen molar-refractivity contribution in [2.75, 3.05) is 26.2 Å². The molecule has 0 unspecified atom stereocenters. The van der Waals surface area contributed by atoms with E-state index in [1.807, 2.05) is 32.0 Å². The normalized spacial score (nSPS) is 17.3. The molecule has 79 heavy (non-hydrogen) atoms. The minimum atomic E-state index is -1.73. The number of amides is 9. The number of aliphatic hydroxyl groups excluding tert-OH is 1. The predicted molar refractivity (Wildman–Crippen MR) is 289 cm³/mol. The molecule has 6 rings (SSSR count). The molecule has 0 saturated carbocycles. The summed E-state index contributed by atoms with van der Waals surface area (Å²) in [4.78, 5) is 140. The van der Waals surface area contributed by atoms with Gasteiger partial charge in [-0.15, -0.1) is 0 Å². The summed E-state index contributed by atoms with van der Waals surface area (Å²) in [5, 5.41) is 42.9. The van der Waals surface area contributed by atoms with Gasteiger partial charge in [0.15, 0.2) is 5.96 Å². The fourth-order valence-electron chi connectivity index (χ4n) is 9.53. The first-order valence-corrected chi connectivity index (χ1v) is 26.5. The van der Waals surface area contributed by atoms with E-state index in [0.717, 1.165) is 10.9 Å². The summed E-state index contributed by atoms with van der Waals surface area (Å²) >= 11 is 0. The molecular formula is C53H73N15O11. The van der Waals surface area contributed by atoms with E-state index in [2.05, 4.69) is 62.5 Å². The second-order valence-electron chi connectivity index (χ2n) is 20.1. The second kappa shape index (κ2) is 28.7. The number of aromatic nitrogens is 3. The van der Waals surface area contributed by atoms with Crippen molar-refractivity contribution in [2.24, 2.45) is 22.4 Å². The van der Waals surface area contributed by atoms with Crippen LogP contribution >= 0.6 is 0 Å². The molecule has 2 aliphatic heterocycles. The average Bonchev–Trinajstić information content (AvgIpc) is 4.33. The number of carbonyl (C=O) groups excluding carboxylic acids is 9. The summed E-state index contributed by atoms with van der Waals surface area (Å²) in [5.41, 5.74) is 13.3. The zero-order valence-electron chi connectivity index (χ0n) is 44.5. The Hall–Kier alpha value is -8.55. The first-order chi connectivity index (χ1) is 37.8. The zero-order chi connectivity index (χ0) is 57.2. The molecule has 2 aromatic carbocycles. The third-order valence-electron chi connectivity index (χ3n) is 13.6. The number of nitrogens with one attached hydrogen (secondary N) is 10. The van der Waals surface area contributed by atoms with Crippen LogP contribution in [0.2, 0.25) is 0 Å². The Morgan fingerprint density at radius 2 is 1.41 bits per heavy atom. The van der Waals surface area contributed by atoms with Crippen LogP contribution in [0, 0.1) is 5.92 Å². The standard InChI is InChI=1S/C53H73N15O11/c1-4-57-51(78)43-12-8-20-68(43)52(79)37(11-7-19-58-53(54)55)62-46(73)38(21-29(2)3)63-47(74)39(22-30-13-15-33(70)16-14-30)64-50(77)42(27-69)67-48(75)40(23-31-25-59-35-10-6-5-9-34(31)35)65-49(76)41(24-32-26-56-28-60-32)66-45(72)36-17-18-44(71)61-36/h5-6,9-10,13-16,25-26,28-29,36-43,59,69-70H,4,7-8,11-12,17-24,27H2,1-3H3,(H,56,60)(H,57,78)(H,61,71)(H,62,73)(H,63,74)(H,64,77)(H,65,76)(H,66,72)(H,67,75)(H4,54,55,58)/t36-,37-,38+,39-,40-,41+,42-,43-/m0/s1. The maximum atomic E-state index is 14.6. The molecule has 0 spiro atoms. The van der Waals surface area contributed by atoms with Gasteiger partial charge in [-0.2, -0.15) is 0 Å². The highest BCUT2D eigenvalue weighted by atomic mass is 16.3.